The normalized spacial score (nSPS) is 10.0. The molecule has 0 aliphatic rings. The Labute approximate surface area is 234 Å². The van der Waals surface area contributed by atoms with Crippen molar-refractivity contribution in [3.05, 3.63) is 97.3 Å². The van der Waals surface area contributed by atoms with Crippen LogP contribution in [0.25, 0.3) is 21.5 Å². The second kappa shape index (κ2) is 16.7. The fourth-order valence-corrected chi connectivity index (χ4v) is 3.98. The summed E-state index contributed by atoms with van der Waals surface area (Å²) in [6.45, 7) is 20.3. The largest absolute Gasteiger partial charge is 2.00 e. The molecule has 0 amide bonds. The summed E-state index contributed by atoms with van der Waals surface area (Å²) in [6, 6.07) is 24.3. The molecule has 0 atom stereocenters. The van der Waals surface area contributed by atoms with Gasteiger partial charge in [0.1, 0.15) is 0 Å². The van der Waals surface area contributed by atoms with Crippen LogP contribution in [0.1, 0.15) is 82.4 Å². The van der Waals surface area contributed by atoms with E-state index in [1.165, 1.54) is 38.2 Å². The zero-order chi connectivity index (χ0) is 22.3. The smallest absolute Gasteiger partial charge is 1.00 e. The monoisotopic (exact) mass is 558 g/mol. The Bertz CT molecular complexity index is 996. The van der Waals surface area contributed by atoms with Gasteiger partial charge in [0.15, 0.2) is 0 Å². The Morgan fingerprint density at radius 1 is 0.636 bits per heavy atom. The molecule has 0 saturated heterocycles. The fraction of sp³-hybridized carbons (Fsp3) is 0.333. The standard InChI is InChI=1S/C15H19.C12H13.C3H6.2ClH.Zr/c1-10(2)12-8-9-13(11(3)4)15-7-5-6-14(12)15;1-9(2)11-7-3-5-10-6-4-8-12(10)11;1-3-2;;;/h5-11H,1-4H3;3-9H,1-2H3;1-3H2;2*1H;/q2*-1;-2;;;+2/p-2. The number of hydrogen-bond donors (Lipinski definition) is 0. The van der Waals surface area contributed by atoms with Crippen LogP contribution in [-0.2, 0) is 26.2 Å². The predicted octanol–water partition coefficient (Wildman–Crippen LogP) is 3.54. The quantitative estimate of drug-likeness (QED) is 0.337. The van der Waals surface area contributed by atoms with E-state index in [9.17, 15) is 0 Å². The summed E-state index contributed by atoms with van der Waals surface area (Å²) in [6.07, 6.45) is 0.750. The fourth-order valence-electron chi connectivity index (χ4n) is 3.98. The summed E-state index contributed by atoms with van der Waals surface area (Å²) in [5.74, 6) is 1.84. The van der Waals surface area contributed by atoms with Gasteiger partial charge in [-0.2, -0.15) is 24.3 Å². The van der Waals surface area contributed by atoms with Crippen LogP contribution in [0, 0.1) is 13.8 Å². The molecule has 4 rings (SSSR count). The third-order valence-corrected chi connectivity index (χ3v) is 5.46. The van der Waals surface area contributed by atoms with Crippen molar-refractivity contribution in [2.75, 3.05) is 0 Å². The molecular weight excluding hydrogens is 522 g/mol. The van der Waals surface area contributed by atoms with Crippen LogP contribution in [0.15, 0.2) is 66.7 Å². The van der Waals surface area contributed by atoms with Gasteiger partial charge in [-0.1, -0.05) is 70.7 Å². The maximum atomic E-state index is 3.38. The molecule has 0 aliphatic carbocycles. The zero-order valence-electron chi connectivity index (χ0n) is 21.0. The van der Waals surface area contributed by atoms with Crippen molar-refractivity contribution in [3.8, 4) is 0 Å². The van der Waals surface area contributed by atoms with E-state index in [-0.39, 0.29) is 51.0 Å². The first-order chi connectivity index (χ1) is 14.3. The molecule has 3 heteroatoms. The molecule has 4 aromatic carbocycles. The van der Waals surface area contributed by atoms with Gasteiger partial charge in [-0.3, -0.25) is 0 Å². The maximum absolute atomic E-state index is 3.38. The molecule has 0 aliphatic heterocycles. The number of fused-ring (bicyclic) bond motifs is 2. The second-order valence-electron chi connectivity index (χ2n) is 8.79. The van der Waals surface area contributed by atoms with Gasteiger partial charge >= 0.3 is 26.2 Å². The van der Waals surface area contributed by atoms with Crippen molar-refractivity contribution in [2.45, 2.75) is 65.7 Å². The maximum Gasteiger partial charge on any atom is 2.00 e. The predicted molar refractivity (Wildman–Crippen MR) is 137 cm³/mol. The van der Waals surface area contributed by atoms with Crippen LogP contribution in [0.5, 0.6) is 0 Å². The molecule has 0 aromatic heterocycles. The molecule has 0 N–H and O–H groups in total. The summed E-state index contributed by atoms with van der Waals surface area (Å²) in [5, 5.41) is 5.65. The summed E-state index contributed by atoms with van der Waals surface area (Å²) in [7, 11) is 0. The Balaban J connectivity index is 0. The van der Waals surface area contributed by atoms with Gasteiger partial charge in [-0.05, 0) is 11.8 Å². The Hall–Kier alpha value is -0.877. The number of rotatable bonds is 3. The zero-order valence-corrected chi connectivity index (χ0v) is 24.9. The summed E-state index contributed by atoms with van der Waals surface area (Å²) < 4.78 is 0. The van der Waals surface area contributed by atoms with Gasteiger partial charge in [-0.15, -0.1) is 57.4 Å². The molecule has 0 fully saturated rings. The molecule has 0 heterocycles. The molecule has 0 unspecified atom stereocenters. The molecule has 0 spiro atoms. The molecule has 0 radical (unpaired) electrons. The van der Waals surface area contributed by atoms with Crippen molar-refractivity contribution in [3.63, 3.8) is 0 Å². The minimum absolute atomic E-state index is 0. The van der Waals surface area contributed by atoms with E-state index in [1.54, 1.807) is 0 Å². The van der Waals surface area contributed by atoms with E-state index in [0.717, 1.165) is 6.42 Å². The van der Waals surface area contributed by atoms with Crippen LogP contribution < -0.4 is 24.8 Å². The minimum atomic E-state index is 0. The average Bonchev–Trinajstić information content (AvgIpc) is 3.37. The van der Waals surface area contributed by atoms with Crippen molar-refractivity contribution in [1.29, 1.82) is 0 Å². The molecule has 180 valence electrons. The van der Waals surface area contributed by atoms with E-state index >= 15 is 0 Å². The first kappa shape index (κ1) is 34.3. The first-order valence-electron chi connectivity index (χ1n) is 11.2. The Morgan fingerprint density at radius 3 is 1.64 bits per heavy atom. The Kier molecular flexibility index (Phi) is 17.4. The van der Waals surface area contributed by atoms with Gasteiger partial charge < -0.3 is 45.1 Å². The van der Waals surface area contributed by atoms with Gasteiger partial charge in [0.05, 0.1) is 0 Å². The van der Waals surface area contributed by atoms with E-state index in [4.69, 9.17) is 0 Å². The van der Waals surface area contributed by atoms with Gasteiger partial charge in [0.2, 0.25) is 0 Å². The average molecular weight is 561 g/mol. The third-order valence-electron chi connectivity index (χ3n) is 5.46. The number of halogens is 2. The van der Waals surface area contributed by atoms with Crippen molar-refractivity contribution >= 4 is 21.5 Å². The molecule has 33 heavy (non-hydrogen) atoms. The summed E-state index contributed by atoms with van der Waals surface area (Å²) in [5.41, 5.74) is 4.40. The SMILES string of the molecule is CC(C)c1ccc(C(C)C)c2[cH-]ccc12.CC(C)c1cccc2[cH-]ccc12.[CH2-]C[CH2-].[Cl-].[Cl-].[Zr+2]. The van der Waals surface area contributed by atoms with Crippen LogP contribution in [0.2, 0.25) is 0 Å². The molecule has 0 nitrogen and oxygen atoms in total. The summed E-state index contributed by atoms with van der Waals surface area (Å²) >= 11 is 0. The summed E-state index contributed by atoms with van der Waals surface area (Å²) in [4.78, 5) is 0. The van der Waals surface area contributed by atoms with Crippen molar-refractivity contribution in [2.24, 2.45) is 0 Å². The van der Waals surface area contributed by atoms with Gasteiger partial charge in [0, 0.05) is 0 Å². The molecule has 0 saturated carbocycles. The number of hydrogen-bond acceptors (Lipinski definition) is 0. The van der Waals surface area contributed by atoms with Crippen molar-refractivity contribution < 1.29 is 51.0 Å². The van der Waals surface area contributed by atoms with Crippen LogP contribution >= 0.6 is 0 Å². The van der Waals surface area contributed by atoms with Gasteiger partial charge in [-0.25, -0.2) is 0 Å². The second-order valence-corrected chi connectivity index (χ2v) is 8.79. The van der Waals surface area contributed by atoms with Crippen LogP contribution in [0.4, 0.5) is 0 Å². The third kappa shape index (κ3) is 9.01. The topological polar surface area (TPSA) is 0 Å². The molecule has 4 aromatic rings. The molecular formula is C30H38Cl2Zr-4. The van der Waals surface area contributed by atoms with Crippen molar-refractivity contribution in [1.82, 2.24) is 0 Å². The minimum Gasteiger partial charge on any atom is -1.00 e. The first-order valence-corrected chi connectivity index (χ1v) is 11.2. The molecule has 0 bridgehead atoms. The van der Waals surface area contributed by atoms with E-state index in [1.807, 2.05) is 0 Å². The van der Waals surface area contributed by atoms with Gasteiger partial charge in [0.25, 0.3) is 0 Å². The van der Waals surface area contributed by atoms with E-state index in [2.05, 4.69) is 122 Å². The Morgan fingerprint density at radius 2 is 1.09 bits per heavy atom. The van der Waals surface area contributed by atoms with E-state index < -0.39 is 0 Å². The van der Waals surface area contributed by atoms with Crippen LogP contribution in [0.3, 0.4) is 0 Å². The van der Waals surface area contributed by atoms with Crippen LogP contribution in [-0.4, -0.2) is 0 Å². The van der Waals surface area contributed by atoms with E-state index in [0.29, 0.717) is 17.8 Å². The number of benzene rings is 2.